The van der Waals surface area contributed by atoms with Crippen LogP contribution in [0.2, 0.25) is 0 Å². The van der Waals surface area contributed by atoms with Crippen LogP contribution in [0.15, 0.2) is 31.0 Å². The van der Waals surface area contributed by atoms with E-state index < -0.39 is 17.8 Å². The number of anilines is 2. The highest BCUT2D eigenvalue weighted by atomic mass is 32.1. The quantitative estimate of drug-likeness (QED) is 0.258. The molecular formula is C32H33F3N8O3S. The first-order chi connectivity index (χ1) is 22.6. The van der Waals surface area contributed by atoms with Crippen molar-refractivity contribution in [2.24, 2.45) is 0 Å². The Kier molecular flexibility index (Phi) is 8.93. The largest absolute Gasteiger partial charge is 0.462 e. The van der Waals surface area contributed by atoms with E-state index in [2.05, 4.69) is 21.5 Å². The summed E-state index contributed by atoms with van der Waals surface area (Å²) in [6.45, 7) is 4.65. The molecule has 246 valence electrons. The number of nitrogen functional groups attached to an aromatic ring is 1. The van der Waals surface area contributed by atoms with Crippen molar-refractivity contribution < 1.29 is 27.4 Å². The van der Waals surface area contributed by atoms with Gasteiger partial charge in [-0.05, 0) is 38.1 Å². The molecule has 0 saturated carbocycles. The van der Waals surface area contributed by atoms with Crippen molar-refractivity contribution in [1.29, 1.82) is 5.26 Å². The topological polar surface area (TPSA) is 134 Å². The number of ether oxygens (including phenoxy) is 2. The van der Waals surface area contributed by atoms with Crippen molar-refractivity contribution in [2.75, 3.05) is 58.1 Å². The van der Waals surface area contributed by atoms with Gasteiger partial charge in [-0.2, -0.15) is 15.2 Å². The third kappa shape index (κ3) is 5.70. The van der Waals surface area contributed by atoms with E-state index in [4.69, 9.17) is 15.2 Å². The van der Waals surface area contributed by atoms with E-state index in [1.807, 2.05) is 15.9 Å². The van der Waals surface area contributed by atoms with Crippen LogP contribution in [0, 0.1) is 23.0 Å². The van der Waals surface area contributed by atoms with Gasteiger partial charge in [-0.25, -0.2) is 13.2 Å². The summed E-state index contributed by atoms with van der Waals surface area (Å²) >= 11 is 0.901. The Morgan fingerprint density at radius 3 is 2.79 bits per heavy atom. The van der Waals surface area contributed by atoms with Gasteiger partial charge in [-0.15, -0.1) is 11.3 Å². The van der Waals surface area contributed by atoms with Gasteiger partial charge in [0.1, 0.15) is 46.7 Å². The lowest BCUT2D eigenvalue weighted by Crippen LogP contribution is -2.48. The van der Waals surface area contributed by atoms with Crippen molar-refractivity contribution in [2.45, 2.75) is 37.1 Å². The highest BCUT2D eigenvalue weighted by Crippen LogP contribution is 2.42. The maximum atomic E-state index is 16.7. The molecule has 4 atom stereocenters. The molecule has 3 aromatic heterocycles. The normalized spacial score (nSPS) is 21.4. The van der Waals surface area contributed by atoms with E-state index in [0.29, 0.717) is 18.8 Å². The smallest absolute Gasteiger partial charge is 0.319 e. The zero-order valence-electron chi connectivity index (χ0n) is 26.0. The number of nitrogens with zero attached hydrogens (tertiary/aromatic N) is 7. The van der Waals surface area contributed by atoms with Crippen LogP contribution in [-0.2, 0) is 9.53 Å². The zero-order valence-corrected chi connectivity index (χ0v) is 26.9. The first kappa shape index (κ1) is 32.4. The minimum atomic E-state index is -0.989. The zero-order chi connectivity index (χ0) is 33.6. The summed E-state index contributed by atoms with van der Waals surface area (Å²) in [5, 5.41) is 10.3. The molecule has 0 spiro atoms. The molecule has 47 heavy (non-hydrogen) atoms. The van der Waals surface area contributed by atoms with Crippen LogP contribution in [0.25, 0.3) is 32.2 Å². The number of carbonyl (C=O) groups is 1. The van der Waals surface area contributed by atoms with E-state index in [-0.39, 0.29) is 99.0 Å². The number of carbonyl (C=O) groups excluding carboxylic acids is 1. The number of nitriles is 1. The van der Waals surface area contributed by atoms with Crippen molar-refractivity contribution in [1.82, 2.24) is 24.8 Å². The van der Waals surface area contributed by atoms with Crippen LogP contribution < -0.4 is 15.4 Å². The van der Waals surface area contributed by atoms with Gasteiger partial charge in [0.25, 0.3) is 0 Å². The number of aromatic nitrogens is 3. The monoisotopic (exact) mass is 666 g/mol. The summed E-state index contributed by atoms with van der Waals surface area (Å²) in [5.41, 5.74) is 5.95. The van der Waals surface area contributed by atoms with Crippen LogP contribution in [0.5, 0.6) is 6.01 Å². The SMILES string of the molecule is C=CC(=O)N1CCC(N(C)c2nc(OC[C@@H]3C[C@@H](F)CN3C)nc3c(F)c(-c4ccc(F)c5sc(N)c(C#N)c45)ncc23)C1COC. The fraction of sp³-hybridized carbons (Fsp3) is 0.406. The minimum absolute atomic E-state index is 0.0313. The van der Waals surface area contributed by atoms with E-state index in [1.165, 1.54) is 24.4 Å². The van der Waals surface area contributed by atoms with E-state index in [9.17, 15) is 18.8 Å². The fourth-order valence-corrected chi connectivity index (χ4v) is 7.58. The molecule has 2 N–H and O–H groups in total. The Morgan fingerprint density at radius 1 is 1.32 bits per heavy atom. The first-order valence-corrected chi connectivity index (χ1v) is 15.8. The number of hydrogen-bond donors (Lipinski definition) is 1. The van der Waals surface area contributed by atoms with Crippen molar-refractivity contribution in [3.8, 4) is 23.3 Å². The van der Waals surface area contributed by atoms with Crippen molar-refractivity contribution in [3.05, 3.63) is 48.2 Å². The van der Waals surface area contributed by atoms with E-state index in [0.717, 1.165) is 11.3 Å². The Labute approximate surface area is 273 Å². The Balaban J connectivity index is 1.49. The maximum absolute atomic E-state index is 16.7. The van der Waals surface area contributed by atoms with Crippen molar-refractivity contribution in [3.63, 3.8) is 0 Å². The summed E-state index contributed by atoms with van der Waals surface area (Å²) < 4.78 is 57.1. The number of thiophene rings is 1. The molecule has 2 unspecified atom stereocenters. The number of rotatable bonds is 9. The van der Waals surface area contributed by atoms with Crippen LogP contribution in [0.1, 0.15) is 18.4 Å². The molecular weight excluding hydrogens is 633 g/mol. The van der Waals surface area contributed by atoms with Crippen LogP contribution in [-0.4, -0.2) is 102 Å². The minimum Gasteiger partial charge on any atom is -0.462 e. The number of hydrogen-bond acceptors (Lipinski definition) is 11. The lowest BCUT2D eigenvalue weighted by atomic mass is 10.0. The van der Waals surface area contributed by atoms with Gasteiger partial charge in [0, 0.05) is 50.4 Å². The summed E-state index contributed by atoms with van der Waals surface area (Å²) in [6.07, 6.45) is 2.53. The summed E-state index contributed by atoms with van der Waals surface area (Å²) in [6, 6.07) is 3.52. The van der Waals surface area contributed by atoms with Crippen LogP contribution in [0.4, 0.5) is 24.0 Å². The van der Waals surface area contributed by atoms with Gasteiger partial charge in [0.05, 0.1) is 34.3 Å². The number of likely N-dealkylation sites (tertiary alicyclic amines) is 2. The molecule has 4 aromatic rings. The highest BCUT2D eigenvalue weighted by Gasteiger charge is 2.40. The number of nitrogens with two attached hydrogens (primary N) is 1. The van der Waals surface area contributed by atoms with Crippen LogP contribution >= 0.6 is 11.3 Å². The predicted molar refractivity (Wildman–Crippen MR) is 173 cm³/mol. The molecule has 1 amide bonds. The molecule has 11 nitrogen and oxygen atoms in total. The van der Waals surface area contributed by atoms with Gasteiger partial charge < -0.3 is 25.0 Å². The third-order valence-corrected chi connectivity index (χ3v) is 10.0. The molecule has 2 aliphatic rings. The average molecular weight is 667 g/mol. The van der Waals surface area contributed by atoms with E-state index >= 15 is 4.39 Å². The molecule has 2 fully saturated rings. The Morgan fingerprint density at radius 2 is 2.11 bits per heavy atom. The molecule has 15 heteroatoms. The second-order valence-corrected chi connectivity index (χ2v) is 12.8. The van der Waals surface area contributed by atoms with Gasteiger partial charge >= 0.3 is 6.01 Å². The number of alkyl halides is 1. The summed E-state index contributed by atoms with van der Waals surface area (Å²) in [7, 11) is 5.13. The second kappa shape index (κ2) is 12.9. The number of halogens is 3. The predicted octanol–water partition coefficient (Wildman–Crippen LogP) is 4.30. The molecule has 2 saturated heterocycles. The number of pyridine rings is 1. The van der Waals surface area contributed by atoms with Crippen molar-refractivity contribution >= 4 is 49.1 Å². The number of amides is 1. The number of methoxy groups -OCH3 is 1. The molecule has 6 rings (SSSR count). The lowest BCUT2D eigenvalue weighted by Gasteiger charge is -2.33. The van der Waals surface area contributed by atoms with Crippen LogP contribution in [0.3, 0.4) is 0 Å². The molecule has 0 aliphatic carbocycles. The molecule has 0 radical (unpaired) electrons. The third-order valence-electron chi connectivity index (χ3n) is 9.01. The molecule has 5 heterocycles. The number of benzene rings is 1. The maximum Gasteiger partial charge on any atom is 0.319 e. The highest BCUT2D eigenvalue weighted by molar-refractivity contribution is 7.23. The van der Waals surface area contributed by atoms with Gasteiger partial charge in [0.15, 0.2) is 5.82 Å². The standard InChI is InChI=1S/C32H33F3N8O3S/c1-5-24(44)43-9-8-22(23(43)15-45-4)42(3)31-20-12-38-27(18-6-7-21(34)29-25(18)19(11-36)30(37)47-29)26(35)28(20)39-32(40-31)46-14-17-10-16(33)13-41(17)2/h5-7,12,16-17,22-23H,1,8-10,13-15,37H2,2-4H3/t16-,17+,22?,23?/m1/s1. The fourth-order valence-electron chi connectivity index (χ4n) is 6.63. The van der Waals surface area contributed by atoms with E-state index in [1.54, 1.807) is 26.1 Å². The van der Waals surface area contributed by atoms with Gasteiger partial charge in [0.2, 0.25) is 5.91 Å². The van der Waals surface area contributed by atoms with Gasteiger partial charge in [-0.3, -0.25) is 14.7 Å². The molecule has 0 bridgehead atoms. The Bertz CT molecular complexity index is 1920. The number of fused-ring (bicyclic) bond motifs is 2. The molecule has 2 aliphatic heterocycles. The molecule has 1 aromatic carbocycles. The number of likely N-dealkylation sites (N-methyl/N-ethyl adjacent to an activating group) is 2. The lowest BCUT2D eigenvalue weighted by molar-refractivity contribution is -0.127. The first-order valence-electron chi connectivity index (χ1n) is 15.0. The Hall–Kier alpha value is -4.52. The second-order valence-electron chi connectivity index (χ2n) is 11.7. The van der Waals surface area contributed by atoms with Gasteiger partial charge in [-0.1, -0.05) is 6.58 Å². The summed E-state index contributed by atoms with van der Waals surface area (Å²) in [4.78, 5) is 31.6. The summed E-state index contributed by atoms with van der Waals surface area (Å²) in [5.74, 6) is -1.37. The average Bonchev–Trinajstić information content (AvgIpc) is 3.73.